The summed E-state index contributed by atoms with van der Waals surface area (Å²) >= 11 is 0. The molecular formula is C28H27N3O8. The predicted octanol–water partition coefficient (Wildman–Crippen LogP) is 4.55. The number of nitrogens with one attached hydrogen (secondary N) is 1. The third kappa shape index (κ3) is 6.50. The zero-order valence-corrected chi connectivity index (χ0v) is 21.6. The maximum atomic E-state index is 12.6. The first kappa shape index (κ1) is 27.1. The first-order valence-electron chi connectivity index (χ1n) is 12.1. The molecule has 0 bridgehead atoms. The quantitative estimate of drug-likeness (QED) is 0.240. The number of anilines is 2. The fourth-order valence-electron chi connectivity index (χ4n) is 4.06. The third-order valence-corrected chi connectivity index (χ3v) is 6.34. The SMILES string of the molecule is COc1ccc([N+](=O)[O-])c(NC(=O)COC(=O)[C@@H]2CC(=O)N(c3ccc(Oc4ccc(C)c(C)c4)cc3)C2)c1. The van der Waals surface area contributed by atoms with Crippen LogP contribution in [0.25, 0.3) is 0 Å². The van der Waals surface area contributed by atoms with Crippen LogP contribution in [-0.4, -0.2) is 43.0 Å². The normalized spacial score (nSPS) is 14.6. The summed E-state index contributed by atoms with van der Waals surface area (Å²) in [6.45, 7) is 3.46. The van der Waals surface area contributed by atoms with Gasteiger partial charge >= 0.3 is 5.97 Å². The van der Waals surface area contributed by atoms with E-state index in [9.17, 15) is 24.5 Å². The lowest BCUT2D eigenvalue weighted by atomic mass is 10.1. The maximum Gasteiger partial charge on any atom is 0.311 e. The molecule has 1 aliphatic heterocycles. The Balaban J connectivity index is 1.32. The van der Waals surface area contributed by atoms with Crippen molar-refractivity contribution in [2.24, 2.45) is 5.92 Å². The van der Waals surface area contributed by atoms with E-state index < -0.39 is 29.3 Å². The fraction of sp³-hybridized carbons (Fsp3) is 0.250. The Bertz CT molecular complexity index is 1420. The van der Waals surface area contributed by atoms with Gasteiger partial charge in [-0.3, -0.25) is 24.5 Å². The highest BCUT2D eigenvalue weighted by Crippen LogP contribution is 2.31. The summed E-state index contributed by atoms with van der Waals surface area (Å²) in [4.78, 5) is 49.6. The highest BCUT2D eigenvalue weighted by atomic mass is 16.6. The Labute approximate surface area is 224 Å². The Morgan fingerprint density at radius 3 is 2.36 bits per heavy atom. The molecule has 0 aliphatic carbocycles. The topological polar surface area (TPSA) is 137 Å². The molecule has 0 radical (unpaired) electrons. The summed E-state index contributed by atoms with van der Waals surface area (Å²) in [7, 11) is 1.38. The van der Waals surface area contributed by atoms with Crippen LogP contribution in [0.5, 0.6) is 17.2 Å². The van der Waals surface area contributed by atoms with E-state index in [0.29, 0.717) is 22.9 Å². The Morgan fingerprint density at radius 2 is 1.69 bits per heavy atom. The second kappa shape index (κ2) is 11.6. The predicted molar refractivity (Wildman–Crippen MR) is 142 cm³/mol. The van der Waals surface area contributed by atoms with Gasteiger partial charge in [-0.2, -0.15) is 0 Å². The molecule has 1 atom stereocenters. The van der Waals surface area contributed by atoms with E-state index in [1.807, 2.05) is 32.0 Å². The van der Waals surface area contributed by atoms with Crippen molar-refractivity contribution < 1.29 is 33.5 Å². The zero-order valence-electron chi connectivity index (χ0n) is 21.6. The van der Waals surface area contributed by atoms with Gasteiger partial charge in [0.2, 0.25) is 5.91 Å². The van der Waals surface area contributed by atoms with Gasteiger partial charge in [0.15, 0.2) is 6.61 Å². The lowest BCUT2D eigenvalue weighted by molar-refractivity contribution is -0.383. The summed E-state index contributed by atoms with van der Waals surface area (Å²) in [5.41, 5.74) is 2.46. The minimum absolute atomic E-state index is 0.0668. The van der Waals surface area contributed by atoms with Gasteiger partial charge in [0.25, 0.3) is 11.6 Å². The van der Waals surface area contributed by atoms with Crippen molar-refractivity contribution in [2.45, 2.75) is 20.3 Å². The number of ether oxygens (including phenoxy) is 3. The number of hydrogen-bond acceptors (Lipinski definition) is 8. The second-order valence-electron chi connectivity index (χ2n) is 9.04. The van der Waals surface area contributed by atoms with E-state index in [4.69, 9.17) is 14.2 Å². The molecule has 1 N–H and O–H groups in total. The lowest BCUT2D eigenvalue weighted by Crippen LogP contribution is -2.28. The summed E-state index contributed by atoms with van der Waals surface area (Å²) in [6.07, 6.45) is -0.0668. The third-order valence-electron chi connectivity index (χ3n) is 6.34. The molecular weight excluding hydrogens is 506 g/mol. The smallest absolute Gasteiger partial charge is 0.311 e. The van der Waals surface area contributed by atoms with Gasteiger partial charge in [0.05, 0.1) is 18.0 Å². The van der Waals surface area contributed by atoms with Crippen LogP contribution in [0.2, 0.25) is 0 Å². The van der Waals surface area contributed by atoms with Crippen LogP contribution >= 0.6 is 0 Å². The number of rotatable bonds is 9. The van der Waals surface area contributed by atoms with Crippen LogP contribution in [0.3, 0.4) is 0 Å². The van der Waals surface area contributed by atoms with Crippen molar-refractivity contribution in [1.29, 1.82) is 0 Å². The molecule has 202 valence electrons. The summed E-state index contributed by atoms with van der Waals surface area (Å²) in [5, 5.41) is 13.6. The van der Waals surface area contributed by atoms with E-state index in [2.05, 4.69) is 5.32 Å². The Kier molecular flexibility index (Phi) is 8.09. The number of methoxy groups -OCH3 is 1. The van der Waals surface area contributed by atoms with E-state index in [0.717, 1.165) is 5.56 Å². The maximum absolute atomic E-state index is 12.6. The summed E-state index contributed by atoms with van der Waals surface area (Å²) in [5.74, 6) is -0.875. The second-order valence-corrected chi connectivity index (χ2v) is 9.04. The standard InChI is InChI=1S/C28H27N3O8/c1-17-4-7-23(12-18(17)2)39-21-8-5-20(6-9-21)30-15-19(13-27(30)33)28(34)38-16-26(32)29-24-14-22(37-3)10-11-25(24)31(35)36/h4-12,14,19H,13,15-16H2,1-3H3,(H,29,32)/t19-/m1/s1. The van der Waals surface area contributed by atoms with Crippen molar-refractivity contribution >= 4 is 34.8 Å². The number of carbonyl (C=O) groups excluding carboxylic acids is 3. The molecule has 2 amide bonds. The minimum Gasteiger partial charge on any atom is -0.497 e. The number of hydrogen-bond donors (Lipinski definition) is 1. The van der Waals surface area contributed by atoms with Crippen LogP contribution in [0.15, 0.2) is 60.7 Å². The first-order valence-corrected chi connectivity index (χ1v) is 12.1. The van der Waals surface area contributed by atoms with Gasteiger partial charge in [0.1, 0.15) is 22.9 Å². The highest BCUT2D eigenvalue weighted by molar-refractivity contribution is 6.00. The molecule has 0 spiro atoms. The van der Waals surface area contributed by atoms with Gasteiger partial charge in [-0.15, -0.1) is 0 Å². The van der Waals surface area contributed by atoms with Gasteiger partial charge in [-0.05, 0) is 67.4 Å². The van der Waals surface area contributed by atoms with Crippen molar-refractivity contribution in [1.82, 2.24) is 0 Å². The molecule has 1 fully saturated rings. The summed E-state index contributed by atoms with van der Waals surface area (Å²) in [6, 6.07) is 16.6. The van der Waals surface area contributed by atoms with Gasteiger partial charge in [-0.25, -0.2) is 0 Å². The van der Waals surface area contributed by atoms with E-state index in [1.165, 1.54) is 35.8 Å². The first-order chi connectivity index (χ1) is 18.6. The van der Waals surface area contributed by atoms with Crippen LogP contribution in [0.4, 0.5) is 17.1 Å². The number of carbonyl (C=O) groups is 3. The van der Waals surface area contributed by atoms with Gasteiger partial charge < -0.3 is 24.4 Å². The molecule has 39 heavy (non-hydrogen) atoms. The molecule has 0 saturated carbocycles. The lowest BCUT2D eigenvalue weighted by Gasteiger charge is -2.17. The molecule has 1 aliphatic rings. The summed E-state index contributed by atoms with van der Waals surface area (Å²) < 4.78 is 16.0. The number of amides is 2. The number of benzene rings is 3. The Hall–Kier alpha value is -4.93. The monoisotopic (exact) mass is 533 g/mol. The number of esters is 1. The molecule has 11 nitrogen and oxygen atoms in total. The molecule has 3 aromatic rings. The molecule has 1 saturated heterocycles. The van der Waals surface area contributed by atoms with Crippen LogP contribution in [0.1, 0.15) is 17.5 Å². The van der Waals surface area contributed by atoms with Crippen molar-refractivity contribution in [3.05, 3.63) is 81.9 Å². The number of aryl methyl sites for hydroxylation is 2. The number of nitro groups is 1. The number of nitrogens with zero attached hydrogens (tertiary/aromatic N) is 2. The highest BCUT2D eigenvalue weighted by Gasteiger charge is 2.36. The van der Waals surface area contributed by atoms with E-state index in [-0.39, 0.29) is 30.2 Å². The van der Waals surface area contributed by atoms with Crippen LogP contribution in [0, 0.1) is 29.9 Å². The van der Waals surface area contributed by atoms with Gasteiger partial charge in [-0.1, -0.05) is 6.07 Å². The fourth-order valence-corrected chi connectivity index (χ4v) is 4.06. The molecule has 0 unspecified atom stereocenters. The van der Waals surface area contributed by atoms with Crippen molar-refractivity contribution in [3.63, 3.8) is 0 Å². The van der Waals surface area contributed by atoms with Crippen LogP contribution < -0.4 is 19.7 Å². The van der Waals surface area contributed by atoms with E-state index in [1.54, 1.807) is 24.3 Å². The zero-order chi connectivity index (χ0) is 28.1. The average Bonchev–Trinajstić information content (AvgIpc) is 3.31. The molecule has 1 heterocycles. The minimum atomic E-state index is -0.764. The number of nitro benzene ring substituents is 1. The van der Waals surface area contributed by atoms with Gasteiger partial charge in [0, 0.05) is 30.8 Å². The van der Waals surface area contributed by atoms with Crippen molar-refractivity contribution in [2.75, 3.05) is 30.5 Å². The molecule has 3 aromatic carbocycles. The molecule has 11 heteroatoms. The Morgan fingerprint density at radius 1 is 1.00 bits per heavy atom. The largest absolute Gasteiger partial charge is 0.497 e. The van der Waals surface area contributed by atoms with Crippen LogP contribution in [-0.2, 0) is 19.1 Å². The van der Waals surface area contributed by atoms with Crippen molar-refractivity contribution in [3.8, 4) is 17.2 Å². The van der Waals surface area contributed by atoms with E-state index >= 15 is 0 Å². The average molecular weight is 534 g/mol. The molecule has 4 rings (SSSR count). The molecule has 0 aromatic heterocycles.